The van der Waals surface area contributed by atoms with Crippen LogP contribution < -0.4 is 11.1 Å². The van der Waals surface area contributed by atoms with Gasteiger partial charge in [0.15, 0.2) is 0 Å². The highest BCUT2D eigenvalue weighted by atomic mass is 79.9. The standard InChI is InChI=1S/C11H17BrN2O/c1-2-10(6-5-8-12)14-11(15)7-3-4-9-13/h2,5-6,8H,1,3-4,7,9,13H2,(H,14,15)/b8-5+,10-6+. The molecule has 0 radical (unpaired) electrons. The van der Waals surface area contributed by atoms with Crippen molar-refractivity contribution in [2.24, 2.45) is 5.73 Å². The maximum Gasteiger partial charge on any atom is 0.224 e. The Labute approximate surface area is 99.2 Å². The van der Waals surface area contributed by atoms with E-state index in [2.05, 4.69) is 27.8 Å². The lowest BCUT2D eigenvalue weighted by atomic mass is 10.2. The van der Waals surface area contributed by atoms with E-state index in [1.54, 1.807) is 23.2 Å². The number of rotatable bonds is 7. The molecule has 4 heteroatoms. The average Bonchev–Trinajstić information content (AvgIpc) is 2.24. The molecular weight excluding hydrogens is 256 g/mol. The lowest BCUT2D eigenvalue weighted by molar-refractivity contribution is -0.120. The van der Waals surface area contributed by atoms with Crippen LogP contribution in [0.15, 0.2) is 35.5 Å². The van der Waals surface area contributed by atoms with Gasteiger partial charge < -0.3 is 11.1 Å². The molecule has 0 spiro atoms. The lowest BCUT2D eigenvalue weighted by Gasteiger charge is -2.04. The Morgan fingerprint density at radius 3 is 2.73 bits per heavy atom. The van der Waals surface area contributed by atoms with Crippen molar-refractivity contribution < 1.29 is 4.79 Å². The van der Waals surface area contributed by atoms with Crippen molar-refractivity contribution in [2.45, 2.75) is 19.3 Å². The molecule has 0 bridgehead atoms. The second-order valence-corrected chi connectivity index (χ2v) is 3.47. The van der Waals surface area contributed by atoms with Gasteiger partial charge in [-0.05, 0) is 36.5 Å². The summed E-state index contributed by atoms with van der Waals surface area (Å²) in [5.74, 6) is -0.00225. The van der Waals surface area contributed by atoms with Crippen LogP contribution in [-0.4, -0.2) is 12.5 Å². The van der Waals surface area contributed by atoms with Gasteiger partial charge >= 0.3 is 0 Å². The van der Waals surface area contributed by atoms with E-state index < -0.39 is 0 Å². The van der Waals surface area contributed by atoms with E-state index in [-0.39, 0.29) is 5.91 Å². The first-order valence-electron chi connectivity index (χ1n) is 4.84. The predicted octanol–water partition coefficient (Wildman–Crippen LogP) is 2.21. The molecule has 3 N–H and O–H groups in total. The minimum absolute atomic E-state index is 0.00225. The zero-order valence-corrected chi connectivity index (χ0v) is 10.3. The number of nitrogens with one attached hydrogen (secondary N) is 1. The van der Waals surface area contributed by atoms with E-state index in [1.807, 2.05) is 0 Å². The minimum Gasteiger partial charge on any atom is -0.330 e. The Bertz CT molecular complexity index is 259. The second kappa shape index (κ2) is 9.68. The average molecular weight is 273 g/mol. The SMILES string of the molecule is C=C/C(=C\C=C\Br)NC(=O)CCCCN. The summed E-state index contributed by atoms with van der Waals surface area (Å²) in [5, 5.41) is 2.75. The number of carbonyl (C=O) groups is 1. The molecule has 0 saturated heterocycles. The summed E-state index contributed by atoms with van der Waals surface area (Å²) >= 11 is 3.14. The summed E-state index contributed by atoms with van der Waals surface area (Å²) in [6.45, 7) is 4.24. The fraction of sp³-hybridized carbons (Fsp3) is 0.364. The Morgan fingerprint density at radius 1 is 1.47 bits per heavy atom. The van der Waals surface area contributed by atoms with Crippen molar-refractivity contribution in [1.82, 2.24) is 5.32 Å². The number of unbranched alkanes of at least 4 members (excludes halogenated alkanes) is 1. The Morgan fingerprint density at radius 2 is 2.20 bits per heavy atom. The normalized spacial score (nSPS) is 11.7. The van der Waals surface area contributed by atoms with Gasteiger partial charge in [0.1, 0.15) is 0 Å². The van der Waals surface area contributed by atoms with Crippen LogP contribution in [0.4, 0.5) is 0 Å². The van der Waals surface area contributed by atoms with Crippen LogP contribution in [0.25, 0.3) is 0 Å². The van der Waals surface area contributed by atoms with Crippen LogP contribution in [0.2, 0.25) is 0 Å². The largest absolute Gasteiger partial charge is 0.330 e. The Hall–Kier alpha value is -0.870. The van der Waals surface area contributed by atoms with Gasteiger partial charge in [0.2, 0.25) is 5.91 Å². The molecule has 0 heterocycles. The van der Waals surface area contributed by atoms with Crippen molar-refractivity contribution in [3.05, 3.63) is 35.5 Å². The number of amides is 1. The molecule has 15 heavy (non-hydrogen) atoms. The first kappa shape index (κ1) is 14.1. The van der Waals surface area contributed by atoms with Crippen LogP contribution in [-0.2, 0) is 4.79 Å². The van der Waals surface area contributed by atoms with Gasteiger partial charge in [-0.1, -0.05) is 28.6 Å². The van der Waals surface area contributed by atoms with Gasteiger partial charge in [0, 0.05) is 12.1 Å². The number of hydrogen-bond acceptors (Lipinski definition) is 2. The van der Waals surface area contributed by atoms with Crippen LogP contribution in [0.5, 0.6) is 0 Å². The molecule has 3 nitrogen and oxygen atoms in total. The van der Waals surface area contributed by atoms with Crippen LogP contribution in [0.3, 0.4) is 0 Å². The fourth-order valence-electron chi connectivity index (χ4n) is 0.954. The number of hydrogen-bond donors (Lipinski definition) is 2. The number of halogens is 1. The molecule has 0 atom stereocenters. The van der Waals surface area contributed by atoms with E-state index in [0.29, 0.717) is 18.7 Å². The maximum atomic E-state index is 11.4. The van der Waals surface area contributed by atoms with Crippen LogP contribution >= 0.6 is 15.9 Å². The van der Waals surface area contributed by atoms with E-state index in [4.69, 9.17) is 5.73 Å². The molecule has 0 aliphatic heterocycles. The van der Waals surface area contributed by atoms with Crippen molar-refractivity contribution >= 4 is 21.8 Å². The second-order valence-electron chi connectivity index (χ2n) is 2.94. The molecular formula is C11H17BrN2O. The van der Waals surface area contributed by atoms with Gasteiger partial charge in [-0.2, -0.15) is 0 Å². The maximum absolute atomic E-state index is 11.4. The van der Waals surface area contributed by atoms with Gasteiger partial charge in [-0.3, -0.25) is 4.79 Å². The van der Waals surface area contributed by atoms with Gasteiger partial charge in [-0.25, -0.2) is 0 Å². The Balaban J connectivity index is 3.96. The molecule has 0 aliphatic carbocycles. The molecule has 0 aliphatic rings. The number of carbonyl (C=O) groups excluding carboxylic acids is 1. The highest BCUT2D eigenvalue weighted by Crippen LogP contribution is 1.98. The summed E-state index contributed by atoms with van der Waals surface area (Å²) in [6, 6.07) is 0. The summed E-state index contributed by atoms with van der Waals surface area (Å²) in [4.78, 5) is 13.1. The molecule has 0 aromatic rings. The number of allylic oxidation sites excluding steroid dienone is 3. The molecule has 0 rings (SSSR count). The van der Waals surface area contributed by atoms with E-state index in [9.17, 15) is 4.79 Å². The zero-order chi connectivity index (χ0) is 11.5. The smallest absolute Gasteiger partial charge is 0.224 e. The van der Waals surface area contributed by atoms with Crippen molar-refractivity contribution in [1.29, 1.82) is 0 Å². The van der Waals surface area contributed by atoms with E-state index in [1.165, 1.54) is 0 Å². The summed E-state index contributed by atoms with van der Waals surface area (Å²) in [7, 11) is 0. The molecule has 0 saturated carbocycles. The van der Waals surface area contributed by atoms with Gasteiger partial charge in [0.05, 0.1) is 0 Å². The monoisotopic (exact) mass is 272 g/mol. The van der Waals surface area contributed by atoms with Crippen LogP contribution in [0.1, 0.15) is 19.3 Å². The summed E-state index contributed by atoms with van der Waals surface area (Å²) in [6.07, 6.45) is 7.34. The zero-order valence-electron chi connectivity index (χ0n) is 8.71. The predicted molar refractivity (Wildman–Crippen MR) is 67.4 cm³/mol. The molecule has 0 unspecified atom stereocenters. The quantitative estimate of drug-likeness (QED) is 0.552. The molecule has 84 valence electrons. The first-order valence-corrected chi connectivity index (χ1v) is 5.75. The molecule has 0 aromatic heterocycles. The molecule has 0 fully saturated rings. The lowest BCUT2D eigenvalue weighted by Crippen LogP contribution is -2.21. The van der Waals surface area contributed by atoms with Crippen LogP contribution in [0, 0.1) is 0 Å². The third-order valence-electron chi connectivity index (χ3n) is 1.71. The molecule has 0 aromatic carbocycles. The Kier molecular flexibility index (Phi) is 9.11. The van der Waals surface area contributed by atoms with E-state index >= 15 is 0 Å². The minimum atomic E-state index is -0.00225. The number of nitrogens with two attached hydrogens (primary N) is 1. The highest BCUT2D eigenvalue weighted by molar-refractivity contribution is 9.11. The summed E-state index contributed by atoms with van der Waals surface area (Å²) < 4.78 is 0. The summed E-state index contributed by atoms with van der Waals surface area (Å²) in [5.41, 5.74) is 6.03. The third kappa shape index (κ3) is 8.15. The van der Waals surface area contributed by atoms with Crippen molar-refractivity contribution in [2.75, 3.05) is 6.54 Å². The highest BCUT2D eigenvalue weighted by Gasteiger charge is 2.00. The first-order chi connectivity index (χ1) is 7.24. The van der Waals surface area contributed by atoms with Gasteiger partial charge in [0.25, 0.3) is 0 Å². The van der Waals surface area contributed by atoms with Crippen molar-refractivity contribution in [3.63, 3.8) is 0 Å². The molecule has 1 amide bonds. The van der Waals surface area contributed by atoms with E-state index in [0.717, 1.165) is 12.8 Å². The topological polar surface area (TPSA) is 55.1 Å². The third-order valence-corrected chi connectivity index (χ3v) is 2.02. The van der Waals surface area contributed by atoms with Crippen molar-refractivity contribution in [3.8, 4) is 0 Å². The fourth-order valence-corrected chi connectivity index (χ4v) is 1.11. The van der Waals surface area contributed by atoms with Gasteiger partial charge in [-0.15, -0.1) is 0 Å².